The van der Waals surface area contributed by atoms with Crippen LogP contribution in [-0.4, -0.2) is 48.1 Å². The van der Waals surface area contributed by atoms with Gasteiger partial charge in [-0.15, -0.1) is 0 Å². The summed E-state index contributed by atoms with van der Waals surface area (Å²) in [4.78, 5) is 11.6. The van der Waals surface area contributed by atoms with E-state index < -0.39 is 33.3 Å². The van der Waals surface area contributed by atoms with Gasteiger partial charge in [-0.1, -0.05) is 13.3 Å². The molecule has 0 spiro atoms. The molecule has 1 heterocycles. The summed E-state index contributed by atoms with van der Waals surface area (Å²) in [5.74, 6) is -1.75. The Bertz CT molecular complexity index is 676. The number of rotatable bonds is 5. The molecule has 0 aromatic heterocycles. The number of sulfonamides is 1. The van der Waals surface area contributed by atoms with E-state index in [0.29, 0.717) is 6.42 Å². The van der Waals surface area contributed by atoms with Crippen LogP contribution < -0.4 is 0 Å². The fourth-order valence-corrected chi connectivity index (χ4v) is 4.54. The molecule has 0 unspecified atom stereocenters. The largest absolute Gasteiger partial charge is 0.481 e. The zero-order valence-electron chi connectivity index (χ0n) is 12.8. The van der Waals surface area contributed by atoms with Gasteiger partial charge in [-0.05, 0) is 37.1 Å². The van der Waals surface area contributed by atoms with Crippen LogP contribution in [0.4, 0.5) is 4.39 Å². The summed E-state index contributed by atoms with van der Waals surface area (Å²) in [6.07, 6.45) is -0.362. The van der Waals surface area contributed by atoms with Crippen molar-refractivity contribution in [3.05, 3.63) is 30.1 Å². The van der Waals surface area contributed by atoms with Gasteiger partial charge in [0.05, 0.1) is 11.0 Å². The topological polar surface area (TPSA) is 94.9 Å². The molecule has 1 aromatic rings. The van der Waals surface area contributed by atoms with E-state index in [1.54, 1.807) is 6.92 Å². The highest BCUT2D eigenvalue weighted by Crippen LogP contribution is 2.37. The summed E-state index contributed by atoms with van der Waals surface area (Å²) in [6.45, 7) is 1.52. The molecule has 1 aromatic carbocycles. The third-order valence-corrected chi connectivity index (χ3v) is 6.18. The molecule has 23 heavy (non-hydrogen) atoms. The number of carbonyl (C=O) groups is 1. The lowest BCUT2D eigenvalue weighted by Gasteiger charge is -2.42. The molecule has 1 aliphatic heterocycles. The number of aliphatic hydroxyl groups excluding tert-OH is 1. The second kappa shape index (κ2) is 6.54. The number of benzene rings is 1. The van der Waals surface area contributed by atoms with Crippen LogP contribution in [0.1, 0.15) is 26.2 Å². The Kier molecular flexibility index (Phi) is 5.07. The van der Waals surface area contributed by atoms with Crippen molar-refractivity contribution in [1.82, 2.24) is 4.31 Å². The molecular weight excluding hydrogens is 325 g/mol. The second-order valence-corrected chi connectivity index (χ2v) is 7.75. The van der Waals surface area contributed by atoms with E-state index in [1.165, 1.54) is 0 Å². The van der Waals surface area contributed by atoms with E-state index >= 15 is 0 Å². The number of carboxylic acids is 1. The molecule has 8 heteroatoms. The zero-order valence-corrected chi connectivity index (χ0v) is 13.6. The molecule has 1 fully saturated rings. The Balaban J connectivity index is 2.36. The van der Waals surface area contributed by atoms with Gasteiger partial charge in [-0.2, -0.15) is 4.31 Å². The van der Waals surface area contributed by atoms with Crippen molar-refractivity contribution < 1.29 is 27.8 Å². The Morgan fingerprint density at radius 3 is 2.52 bits per heavy atom. The summed E-state index contributed by atoms with van der Waals surface area (Å²) in [5.41, 5.74) is -1.51. The highest BCUT2D eigenvalue weighted by molar-refractivity contribution is 7.89. The molecule has 0 saturated carbocycles. The van der Waals surface area contributed by atoms with Gasteiger partial charge in [0.2, 0.25) is 10.0 Å². The van der Waals surface area contributed by atoms with Crippen molar-refractivity contribution in [2.45, 2.75) is 37.2 Å². The summed E-state index contributed by atoms with van der Waals surface area (Å²) in [6, 6.07) is 4.39. The lowest BCUT2D eigenvalue weighted by Crippen LogP contribution is -2.57. The Morgan fingerprint density at radius 1 is 1.39 bits per heavy atom. The highest BCUT2D eigenvalue weighted by atomic mass is 32.2. The predicted molar refractivity (Wildman–Crippen MR) is 80.8 cm³/mol. The van der Waals surface area contributed by atoms with Crippen molar-refractivity contribution in [2.75, 3.05) is 13.1 Å². The quantitative estimate of drug-likeness (QED) is 0.842. The third-order valence-electron chi connectivity index (χ3n) is 4.32. The van der Waals surface area contributed by atoms with E-state index in [2.05, 4.69) is 0 Å². The smallest absolute Gasteiger partial charge is 0.313 e. The van der Waals surface area contributed by atoms with Gasteiger partial charge >= 0.3 is 5.97 Å². The van der Waals surface area contributed by atoms with Crippen LogP contribution in [0.15, 0.2) is 29.2 Å². The number of nitrogens with zero attached hydrogens (tertiary/aromatic N) is 1. The Morgan fingerprint density at radius 2 is 2.00 bits per heavy atom. The van der Waals surface area contributed by atoms with Crippen LogP contribution in [0.3, 0.4) is 0 Å². The van der Waals surface area contributed by atoms with Crippen molar-refractivity contribution >= 4 is 16.0 Å². The molecule has 0 radical (unpaired) electrons. The average molecular weight is 345 g/mol. The standard InChI is InChI=1S/C15H20FNO5S/c1-2-8-15(14(19)20)10-17(9-7-13(15)18)23(21,22)12-5-3-11(16)4-6-12/h3-6,13,18H,2,7-10H2,1H3,(H,19,20)/t13-,15-/m0/s1. The fourth-order valence-electron chi connectivity index (χ4n) is 3.01. The number of carboxylic acid groups (broad SMARTS) is 1. The lowest BCUT2D eigenvalue weighted by molar-refractivity contribution is -0.161. The van der Waals surface area contributed by atoms with Gasteiger partial charge in [0.15, 0.2) is 0 Å². The maximum absolute atomic E-state index is 13.0. The zero-order chi connectivity index (χ0) is 17.3. The van der Waals surface area contributed by atoms with E-state index in [-0.39, 0.29) is 30.8 Å². The molecular formula is C15H20FNO5S. The first kappa shape index (κ1) is 17.8. The molecule has 6 nitrogen and oxygen atoms in total. The number of hydrogen-bond acceptors (Lipinski definition) is 4. The van der Waals surface area contributed by atoms with Gasteiger partial charge in [0.25, 0.3) is 0 Å². The molecule has 1 saturated heterocycles. The molecule has 0 bridgehead atoms. The third kappa shape index (κ3) is 3.24. The summed E-state index contributed by atoms with van der Waals surface area (Å²) in [7, 11) is -3.93. The molecule has 2 atom stereocenters. The van der Waals surface area contributed by atoms with Crippen LogP contribution in [-0.2, 0) is 14.8 Å². The van der Waals surface area contributed by atoms with Crippen LogP contribution >= 0.6 is 0 Å². The number of aliphatic hydroxyl groups is 1. The Hall–Kier alpha value is -1.51. The van der Waals surface area contributed by atoms with Crippen molar-refractivity contribution in [2.24, 2.45) is 5.41 Å². The van der Waals surface area contributed by atoms with E-state index in [9.17, 15) is 27.8 Å². The molecule has 0 amide bonds. The Labute approximate surface area is 134 Å². The minimum Gasteiger partial charge on any atom is -0.481 e. The maximum Gasteiger partial charge on any atom is 0.313 e. The number of piperidine rings is 1. The van der Waals surface area contributed by atoms with E-state index in [1.807, 2.05) is 0 Å². The minimum atomic E-state index is -3.93. The maximum atomic E-state index is 13.0. The average Bonchev–Trinajstić information content (AvgIpc) is 2.49. The summed E-state index contributed by atoms with van der Waals surface area (Å²) < 4.78 is 39.3. The van der Waals surface area contributed by atoms with Crippen LogP contribution in [0.25, 0.3) is 0 Å². The summed E-state index contributed by atoms with van der Waals surface area (Å²) >= 11 is 0. The van der Waals surface area contributed by atoms with Crippen LogP contribution in [0.2, 0.25) is 0 Å². The van der Waals surface area contributed by atoms with Crippen molar-refractivity contribution in [1.29, 1.82) is 0 Å². The lowest BCUT2D eigenvalue weighted by atomic mass is 9.74. The van der Waals surface area contributed by atoms with Gasteiger partial charge in [-0.3, -0.25) is 4.79 Å². The number of hydrogen-bond donors (Lipinski definition) is 2. The van der Waals surface area contributed by atoms with E-state index in [4.69, 9.17) is 0 Å². The van der Waals surface area contributed by atoms with Crippen molar-refractivity contribution in [3.8, 4) is 0 Å². The van der Waals surface area contributed by atoms with Gasteiger partial charge in [0, 0.05) is 13.1 Å². The normalized spacial score (nSPS) is 26.1. The molecule has 2 rings (SSSR count). The fraction of sp³-hybridized carbons (Fsp3) is 0.533. The first-order chi connectivity index (χ1) is 10.7. The first-order valence-corrected chi connectivity index (χ1v) is 8.85. The molecule has 1 aliphatic rings. The first-order valence-electron chi connectivity index (χ1n) is 7.41. The SMILES string of the molecule is CCC[C@]1(C(=O)O)CN(S(=O)(=O)c2ccc(F)cc2)CC[C@@H]1O. The summed E-state index contributed by atoms with van der Waals surface area (Å²) in [5, 5.41) is 19.7. The van der Waals surface area contributed by atoms with Gasteiger partial charge in [-0.25, -0.2) is 12.8 Å². The highest BCUT2D eigenvalue weighted by Gasteiger charge is 2.50. The van der Waals surface area contributed by atoms with Crippen molar-refractivity contribution in [3.63, 3.8) is 0 Å². The number of halogens is 1. The molecule has 0 aliphatic carbocycles. The van der Waals surface area contributed by atoms with E-state index in [0.717, 1.165) is 28.6 Å². The minimum absolute atomic E-state index is 0.0274. The van der Waals surface area contributed by atoms with Crippen LogP contribution in [0, 0.1) is 11.2 Å². The predicted octanol–water partition coefficient (Wildman–Crippen LogP) is 1.45. The molecule has 128 valence electrons. The van der Waals surface area contributed by atoms with Gasteiger partial charge in [0.1, 0.15) is 11.2 Å². The molecule has 2 N–H and O–H groups in total. The monoisotopic (exact) mass is 345 g/mol. The number of aliphatic carboxylic acids is 1. The van der Waals surface area contributed by atoms with Crippen LogP contribution in [0.5, 0.6) is 0 Å². The van der Waals surface area contributed by atoms with Gasteiger partial charge < -0.3 is 10.2 Å². The second-order valence-electron chi connectivity index (χ2n) is 5.81.